The number of aromatic nitrogens is 2. The fourth-order valence-corrected chi connectivity index (χ4v) is 4.78. The number of hydrogen-bond donors (Lipinski definition) is 0. The van der Waals surface area contributed by atoms with E-state index in [-0.39, 0.29) is 5.91 Å². The van der Waals surface area contributed by atoms with Crippen LogP contribution in [0.1, 0.15) is 5.56 Å². The number of fused-ring (bicyclic) bond motifs is 1. The van der Waals surface area contributed by atoms with Crippen LogP contribution in [0.15, 0.2) is 64.8 Å². The number of anilines is 1. The quantitative estimate of drug-likeness (QED) is 0.565. The highest BCUT2D eigenvalue weighted by Crippen LogP contribution is 2.32. The number of amidine groups is 1. The first-order valence-corrected chi connectivity index (χ1v) is 10.8. The number of carbonyl (C=O) groups is 1. The van der Waals surface area contributed by atoms with Crippen LogP contribution in [0.5, 0.6) is 0 Å². The smallest absolute Gasteiger partial charge is 0.286 e. The van der Waals surface area contributed by atoms with Gasteiger partial charge in [-0.25, -0.2) is 4.98 Å². The van der Waals surface area contributed by atoms with Crippen LogP contribution in [0.4, 0.5) is 5.82 Å². The number of halogens is 1. The fraction of sp³-hybridized carbons (Fsp3) is 0.182. The van der Waals surface area contributed by atoms with Crippen LogP contribution < -0.4 is 4.90 Å². The predicted octanol–water partition coefficient (Wildman–Crippen LogP) is 4.08. The van der Waals surface area contributed by atoms with Gasteiger partial charge in [-0.15, -0.1) is 0 Å². The number of piperazine rings is 1. The zero-order valence-electron chi connectivity index (χ0n) is 16.0. The molecule has 0 radical (unpaired) electrons. The van der Waals surface area contributed by atoms with Crippen molar-refractivity contribution < 1.29 is 4.79 Å². The van der Waals surface area contributed by atoms with Crippen LogP contribution in [-0.2, 0) is 4.79 Å². The Bertz CT molecular complexity index is 1190. The summed E-state index contributed by atoms with van der Waals surface area (Å²) in [7, 11) is 0. The monoisotopic (exact) mass is 435 g/mol. The van der Waals surface area contributed by atoms with Crippen molar-refractivity contribution in [3.8, 4) is 0 Å². The number of aliphatic imine (C=N–C) groups is 1. The van der Waals surface area contributed by atoms with Crippen LogP contribution in [0.2, 0.25) is 5.02 Å². The first kappa shape index (κ1) is 19.1. The second-order valence-corrected chi connectivity index (χ2v) is 8.47. The summed E-state index contributed by atoms with van der Waals surface area (Å²) in [6, 6.07) is 13.7. The van der Waals surface area contributed by atoms with Gasteiger partial charge >= 0.3 is 0 Å². The Kier molecular flexibility index (Phi) is 5.14. The molecule has 4 heterocycles. The molecule has 5 rings (SSSR count). The molecular formula is C22H18ClN5OS. The highest BCUT2D eigenvalue weighted by atomic mass is 35.5. The molecule has 1 fully saturated rings. The third-order valence-electron chi connectivity index (χ3n) is 5.11. The van der Waals surface area contributed by atoms with Gasteiger partial charge in [0.05, 0.1) is 15.4 Å². The predicted molar refractivity (Wildman–Crippen MR) is 123 cm³/mol. The van der Waals surface area contributed by atoms with Crippen molar-refractivity contribution >= 4 is 57.2 Å². The molecule has 30 heavy (non-hydrogen) atoms. The number of para-hydroxylation sites is 1. The molecule has 1 saturated heterocycles. The summed E-state index contributed by atoms with van der Waals surface area (Å²) in [4.78, 5) is 30.5. The fourth-order valence-electron chi connectivity index (χ4n) is 3.57. The molecule has 0 unspecified atom stereocenters. The number of amides is 1. The van der Waals surface area contributed by atoms with E-state index >= 15 is 0 Å². The van der Waals surface area contributed by atoms with E-state index in [2.05, 4.69) is 24.8 Å². The molecule has 2 aliphatic heterocycles. The highest BCUT2D eigenvalue weighted by molar-refractivity contribution is 8.18. The Hall–Kier alpha value is -2.90. The van der Waals surface area contributed by atoms with Crippen LogP contribution in [0, 0.1) is 0 Å². The molecule has 0 atom stereocenters. The molecule has 3 aromatic rings. The summed E-state index contributed by atoms with van der Waals surface area (Å²) in [5.41, 5.74) is 1.84. The van der Waals surface area contributed by atoms with Crippen molar-refractivity contribution in [3.63, 3.8) is 0 Å². The Morgan fingerprint density at radius 1 is 1.00 bits per heavy atom. The topological polar surface area (TPSA) is 61.7 Å². The molecule has 0 spiro atoms. The average Bonchev–Trinajstić information content (AvgIpc) is 3.14. The van der Waals surface area contributed by atoms with Crippen molar-refractivity contribution in [2.24, 2.45) is 4.99 Å². The second kappa shape index (κ2) is 8.08. The van der Waals surface area contributed by atoms with Crippen LogP contribution in [0.25, 0.3) is 17.0 Å². The molecule has 1 aromatic carbocycles. The normalized spacial score (nSPS) is 18.4. The first-order valence-electron chi connectivity index (χ1n) is 9.65. The Morgan fingerprint density at radius 2 is 1.80 bits per heavy atom. The maximum atomic E-state index is 12.5. The highest BCUT2D eigenvalue weighted by Gasteiger charge is 2.29. The number of benzene rings is 1. The molecule has 150 valence electrons. The maximum absolute atomic E-state index is 12.5. The van der Waals surface area contributed by atoms with E-state index in [1.807, 2.05) is 48.5 Å². The summed E-state index contributed by atoms with van der Waals surface area (Å²) in [5, 5.41) is 2.46. The summed E-state index contributed by atoms with van der Waals surface area (Å²) in [5.74, 6) is 0.610. The Labute approximate surface area is 183 Å². The van der Waals surface area contributed by atoms with Gasteiger partial charge in [0, 0.05) is 44.0 Å². The van der Waals surface area contributed by atoms with E-state index in [0.717, 1.165) is 53.6 Å². The molecule has 0 aliphatic carbocycles. The van der Waals surface area contributed by atoms with Gasteiger partial charge in [-0.1, -0.05) is 29.8 Å². The average molecular weight is 436 g/mol. The summed E-state index contributed by atoms with van der Waals surface area (Å²) in [6.45, 7) is 3.07. The van der Waals surface area contributed by atoms with E-state index in [1.54, 1.807) is 12.4 Å². The SMILES string of the molecule is O=C1N=C(N2CCN(c3ncccc3Cl)CC2)S/C1=C/c1cnc2ccccc2c1. The minimum atomic E-state index is -0.196. The zero-order chi connectivity index (χ0) is 20.5. The van der Waals surface area contributed by atoms with Gasteiger partial charge in [-0.05, 0) is 47.7 Å². The third-order valence-corrected chi connectivity index (χ3v) is 6.45. The summed E-state index contributed by atoms with van der Waals surface area (Å²) < 4.78 is 0. The van der Waals surface area contributed by atoms with Crippen LogP contribution >= 0.6 is 23.4 Å². The molecule has 0 saturated carbocycles. The van der Waals surface area contributed by atoms with Gasteiger partial charge in [-0.3, -0.25) is 9.78 Å². The lowest BCUT2D eigenvalue weighted by Crippen LogP contribution is -2.48. The van der Waals surface area contributed by atoms with Gasteiger partial charge in [-0.2, -0.15) is 4.99 Å². The zero-order valence-corrected chi connectivity index (χ0v) is 17.6. The van der Waals surface area contributed by atoms with Crippen LogP contribution in [0.3, 0.4) is 0 Å². The van der Waals surface area contributed by atoms with Crippen molar-refractivity contribution in [3.05, 3.63) is 70.3 Å². The van der Waals surface area contributed by atoms with Crippen molar-refractivity contribution in [1.29, 1.82) is 0 Å². The van der Waals surface area contributed by atoms with Gasteiger partial charge in [0.25, 0.3) is 5.91 Å². The standard InChI is InChI=1S/C22H18ClN5OS/c23-17-5-3-7-24-20(17)27-8-10-28(11-9-27)22-26-21(29)19(30-22)13-15-12-16-4-1-2-6-18(16)25-14-15/h1-7,12-14H,8-11H2/b19-13+. The van der Waals surface area contributed by atoms with E-state index in [4.69, 9.17) is 11.6 Å². The van der Waals surface area contributed by atoms with Crippen molar-refractivity contribution in [2.45, 2.75) is 0 Å². The lowest BCUT2D eigenvalue weighted by atomic mass is 10.1. The Balaban J connectivity index is 1.27. The number of thioether (sulfide) groups is 1. The van der Waals surface area contributed by atoms with Crippen molar-refractivity contribution in [2.75, 3.05) is 31.1 Å². The van der Waals surface area contributed by atoms with E-state index < -0.39 is 0 Å². The number of hydrogen-bond acceptors (Lipinski definition) is 6. The summed E-state index contributed by atoms with van der Waals surface area (Å²) in [6.07, 6.45) is 5.41. The lowest BCUT2D eigenvalue weighted by Gasteiger charge is -2.36. The largest absolute Gasteiger partial charge is 0.352 e. The molecule has 0 N–H and O–H groups in total. The molecule has 0 bridgehead atoms. The van der Waals surface area contributed by atoms with E-state index in [0.29, 0.717) is 9.93 Å². The number of pyridine rings is 2. The maximum Gasteiger partial charge on any atom is 0.286 e. The second-order valence-electron chi connectivity index (χ2n) is 7.05. The summed E-state index contributed by atoms with van der Waals surface area (Å²) >= 11 is 7.70. The van der Waals surface area contributed by atoms with Crippen molar-refractivity contribution in [1.82, 2.24) is 14.9 Å². The molecule has 1 amide bonds. The van der Waals surface area contributed by atoms with Gasteiger partial charge in [0.2, 0.25) is 0 Å². The van der Waals surface area contributed by atoms with Gasteiger partial charge in [0.15, 0.2) is 5.17 Å². The first-order chi connectivity index (χ1) is 14.7. The number of rotatable bonds is 2. The molecule has 6 nitrogen and oxygen atoms in total. The minimum absolute atomic E-state index is 0.196. The number of nitrogens with zero attached hydrogens (tertiary/aromatic N) is 5. The molecule has 8 heteroatoms. The van der Waals surface area contributed by atoms with E-state index in [9.17, 15) is 4.79 Å². The number of carbonyl (C=O) groups excluding carboxylic acids is 1. The molecule has 2 aromatic heterocycles. The van der Waals surface area contributed by atoms with E-state index in [1.165, 1.54) is 11.8 Å². The van der Waals surface area contributed by atoms with Crippen LogP contribution in [-0.4, -0.2) is 52.1 Å². The Morgan fingerprint density at radius 3 is 2.63 bits per heavy atom. The van der Waals surface area contributed by atoms with Gasteiger partial charge in [0.1, 0.15) is 5.82 Å². The third kappa shape index (κ3) is 3.78. The van der Waals surface area contributed by atoms with Gasteiger partial charge < -0.3 is 9.80 Å². The lowest BCUT2D eigenvalue weighted by molar-refractivity contribution is -0.113. The molecule has 2 aliphatic rings. The minimum Gasteiger partial charge on any atom is -0.352 e. The molecular weight excluding hydrogens is 418 g/mol.